The number of hydrogen-bond acceptors (Lipinski definition) is 4. The molecular weight excluding hydrogens is 190 g/mol. The van der Waals surface area contributed by atoms with Gasteiger partial charge in [0.05, 0.1) is 5.75 Å². The maximum absolute atomic E-state index is 10.8. The molecule has 13 heavy (non-hydrogen) atoms. The van der Waals surface area contributed by atoms with Crippen molar-refractivity contribution in [3.63, 3.8) is 0 Å². The van der Waals surface area contributed by atoms with E-state index in [1.165, 1.54) is 6.26 Å². The molecular formula is C8H19NO3S. The summed E-state index contributed by atoms with van der Waals surface area (Å²) in [6.45, 7) is 1.78. The van der Waals surface area contributed by atoms with E-state index in [-0.39, 0.29) is 12.4 Å². The number of aliphatic hydroxyl groups excluding tert-OH is 1. The Labute approximate surface area is 80.5 Å². The SMILES string of the molecule is CN(CCCO)CCCS(C)(=O)=O. The van der Waals surface area contributed by atoms with E-state index in [9.17, 15) is 8.42 Å². The van der Waals surface area contributed by atoms with E-state index < -0.39 is 9.84 Å². The minimum Gasteiger partial charge on any atom is -0.396 e. The second kappa shape index (κ2) is 6.34. The molecule has 0 aliphatic rings. The van der Waals surface area contributed by atoms with Crippen molar-refractivity contribution in [2.75, 3.05) is 38.8 Å². The van der Waals surface area contributed by atoms with Crippen LogP contribution in [-0.4, -0.2) is 57.2 Å². The Hall–Kier alpha value is -0.130. The van der Waals surface area contributed by atoms with E-state index in [1.807, 2.05) is 11.9 Å². The summed E-state index contributed by atoms with van der Waals surface area (Å²) >= 11 is 0. The number of hydrogen-bond donors (Lipinski definition) is 1. The molecule has 0 aliphatic carbocycles. The van der Waals surface area contributed by atoms with E-state index >= 15 is 0 Å². The van der Waals surface area contributed by atoms with Crippen molar-refractivity contribution >= 4 is 9.84 Å². The van der Waals surface area contributed by atoms with Gasteiger partial charge in [0.1, 0.15) is 9.84 Å². The Morgan fingerprint density at radius 3 is 2.23 bits per heavy atom. The van der Waals surface area contributed by atoms with Crippen molar-refractivity contribution in [2.24, 2.45) is 0 Å². The van der Waals surface area contributed by atoms with Gasteiger partial charge in [0.15, 0.2) is 0 Å². The van der Waals surface area contributed by atoms with Gasteiger partial charge in [0.2, 0.25) is 0 Å². The summed E-state index contributed by atoms with van der Waals surface area (Å²) in [7, 11) is -0.888. The van der Waals surface area contributed by atoms with Crippen molar-refractivity contribution in [3.8, 4) is 0 Å². The van der Waals surface area contributed by atoms with Gasteiger partial charge in [-0.25, -0.2) is 8.42 Å². The lowest BCUT2D eigenvalue weighted by atomic mass is 10.4. The van der Waals surface area contributed by atoms with Gasteiger partial charge in [-0.1, -0.05) is 0 Å². The van der Waals surface area contributed by atoms with Crippen molar-refractivity contribution < 1.29 is 13.5 Å². The van der Waals surface area contributed by atoms with Gasteiger partial charge in [0, 0.05) is 19.4 Å². The summed E-state index contributed by atoms with van der Waals surface area (Å²) < 4.78 is 21.5. The van der Waals surface area contributed by atoms with Crippen LogP contribution in [0.1, 0.15) is 12.8 Å². The second-order valence-corrected chi connectivity index (χ2v) is 5.62. The molecule has 0 spiro atoms. The first kappa shape index (κ1) is 12.9. The van der Waals surface area contributed by atoms with Gasteiger partial charge < -0.3 is 10.0 Å². The zero-order valence-corrected chi connectivity index (χ0v) is 9.18. The van der Waals surface area contributed by atoms with Crippen LogP contribution in [0.4, 0.5) is 0 Å². The molecule has 0 heterocycles. The van der Waals surface area contributed by atoms with E-state index in [4.69, 9.17) is 5.11 Å². The molecule has 0 fully saturated rings. The number of rotatable bonds is 7. The second-order valence-electron chi connectivity index (χ2n) is 3.36. The van der Waals surface area contributed by atoms with Gasteiger partial charge in [-0.05, 0) is 26.4 Å². The zero-order chi connectivity index (χ0) is 10.3. The molecule has 0 saturated carbocycles. The normalized spacial score (nSPS) is 12.3. The maximum atomic E-state index is 10.8. The lowest BCUT2D eigenvalue weighted by molar-refractivity contribution is 0.248. The molecule has 0 aromatic carbocycles. The Balaban J connectivity index is 3.42. The Kier molecular flexibility index (Phi) is 6.28. The molecule has 0 atom stereocenters. The summed E-state index contributed by atoms with van der Waals surface area (Å²) in [6.07, 6.45) is 2.66. The lowest BCUT2D eigenvalue weighted by Gasteiger charge is -2.14. The average Bonchev–Trinajstić information content (AvgIpc) is 1.98. The highest BCUT2D eigenvalue weighted by Gasteiger charge is 2.03. The summed E-state index contributed by atoms with van der Waals surface area (Å²) in [5.74, 6) is 0.246. The largest absolute Gasteiger partial charge is 0.396 e. The Bertz CT molecular complexity index is 213. The van der Waals surface area contributed by atoms with Gasteiger partial charge in [-0.15, -0.1) is 0 Å². The minimum atomic E-state index is -2.82. The van der Waals surface area contributed by atoms with Crippen LogP contribution >= 0.6 is 0 Å². The molecule has 0 rings (SSSR count). The number of aliphatic hydroxyl groups is 1. The molecule has 4 nitrogen and oxygen atoms in total. The summed E-state index contributed by atoms with van der Waals surface area (Å²) in [5.41, 5.74) is 0. The van der Waals surface area contributed by atoms with E-state index in [0.717, 1.165) is 19.5 Å². The maximum Gasteiger partial charge on any atom is 0.147 e. The zero-order valence-electron chi connectivity index (χ0n) is 8.36. The number of sulfone groups is 1. The molecule has 0 saturated heterocycles. The minimum absolute atomic E-state index is 0.191. The quantitative estimate of drug-likeness (QED) is 0.627. The fraction of sp³-hybridized carbons (Fsp3) is 1.00. The Morgan fingerprint density at radius 1 is 1.23 bits per heavy atom. The molecule has 0 bridgehead atoms. The smallest absolute Gasteiger partial charge is 0.147 e. The van der Waals surface area contributed by atoms with Crippen LogP contribution in [0.25, 0.3) is 0 Å². The van der Waals surface area contributed by atoms with Crippen LogP contribution in [0.15, 0.2) is 0 Å². The molecule has 0 aromatic rings. The van der Waals surface area contributed by atoms with E-state index in [2.05, 4.69) is 0 Å². The van der Waals surface area contributed by atoms with Crippen LogP contribution in [-0.2, 0) is 9.84 Å². The predicted molar refractivity (Wildman–Crippen MR) is 53.5 cm³/mol. The average molecular weight is 209 g/mol. The highest BCUT2D eigenvalue weighted by atomic mass is 32.2. The van der Waals surface area contributed by atoms with Crippen LogP contribution in [0.5, 0.6) is 0 Å². The first-order valence-corrected chi connectivity index (χ1v) is 6.49. The summed E-state index contributed by atoms with van der Waals surface area (Å²) in [5, 5.41) is 8.55. The van der Waals surface area contributed by atoms with E-state index in [0.29, 0.717) is 6.42 Å². The third-order valence-corrected chi connectivity index (χ3v) is 2.78. The monoisotopic (exact) mass is 209 g/mol. The summed E-state index contributed by atoms with van der Waals surface area (Å²) in [6, 6.07) is 0. The van der Waals surface area contributed by atoms with Crippen LogP contribution < -0.4 is 0 Å². The van der Waals surface area contributed by atoms with Crippen molar-refractivity contribution in [1.29, 1.82) is 0 Å². The first-order valence-electron chi connectivity index (χ1n) is 4.43. The van der Waals surface area contributed by atoms with Crippen molar-refractivity contribution in [1.82, 2.24) is 4.90 Å². The molecule has 80 valence electrons. The topological polar surface area (TPSA) is 57.6 Å². The standard InChI is InChI=1S/C8H19NO3S/c1-9(5-3-7-10)6-4-8-13(2,11)12/h10H,3-8H2,1-2H3. The molecule has 0 aliphatic heterocycles. The molecule has 1 N–H and O–H groups in total. The summed E-state index contributed by atoms with van der Waals surface area (Å²) in [4.78, 5) is 2.03. The molecule has 0 unspecified atom stereocenters. The molecule has 0 aromatic heterocycles. The fourth-order valence-corrected chi connectivity index (χ4v) is 1.70. The van der Waals surface area contributed by atoms with Gasteiger partial charge in [-0.2, -0.15) is 0 Å². The molecule has 0 radical (unpaired) electrons. The third-order valence-electron chi connectivity index (χ3n) is 1.75. The number of nitrogens with zero attached hydrogens (tertiary/aromatic N) is 1. The van der Waals surface area contributed by atoms with Crippen molar-refractivity contribution in [3.05, 3.63) is 0 Å². The highest BCUT2D eigenvalue weighted by Crippen LogP contribution is 1.93. The predicted octanol–water partition coefficient (Wildman–Crippen LogP) is -0.265. The van der Waals surface area contributed by atoms with Gasteiger partial charge >= 0.3 is 0 Å². The lowest BCUT2D eigenvalue weighted by Crippen LogP contribution is -2.23. The highest BCUT2D eigenvalue weighted by molar-refractivity contribution is 7.90. The van der Waals surface area contributed by atoms with Crippen LogP contribution in [0.2, 0.25) is 0 Å². The van der Waals surface area contributed by atoms with Crippen LogP contribution in [0.3, 0.4) is 0 Å². The third kappa shape index (κ3) is 9.79. The van der Waals surface area contributed by atoms with E-state index in [1.54, 1.807) is 0 Å². The van der Waals surface area contributed by atoms with Crippen molar-refractivity contribution in [2.45, 2.75) is 12.8 Å². The fourth-order valence-electron chi connectivity index (χ4n) is 1.05. The molecule has 0 amide bonds. The van der Waals surface area contributed by atoms with Crippen LogP contribution in [0, 0.1) is 0 Å². The van der Waals surface area contributed by atoms with Gasteiger partial charge in [-0.3, -0.25) is 0 Å². The first-order chi connectivity index (χ1) is 5.95. The molecule has 5 heteroatoms. The van der Waals surface area contributed by atoms with Gasteiger partial charge in [0.25, 0.3) is 0 Å². The Morgan fingerprint density at radius 2 is 1.77 bits per heavy atom.